The maximum Gasteiger partial charge on any atom is 0.0645 e. The summed E-state index contributed by atoms with van der Waals surface area (Å²) in [6.45, 7) is 0. The summed E-state index contributed by atoms with van der Waals surface area (Å²) in [7, 11) is 0. The number of fused-ring (bicyclic) bond motifs is 1. The predicted molar refractivity (Wildman–Crippen MR) is 67.3 cm³/mol. The van der Waals surface area contributed by atoms with Crippen LogP contribution in [-0.4, -0.2) is 0 Å². The van der Waals surface area contributed by atoms with Crippen LogP contribution in [0.1, 0.15) is 0 Å². The number of hydrogen-bond donors (Lipinski definition) is 0. The third-order valence-electron chi connectivity index (χ3n) is 1.59. The predicted octanol–water partition coefficient (Wildman–Crippen LogP) is 4.92. The number of thiophene rings is 1. The molecule has 62 valence electrons. The van der Waals surface area contributed by atoms with Crippen molar-refractivity contribution < 1.29 is 0 Å². The van der Waals surface area contributed by atoms with Crippen LogP contribution in [0.15, 0.2) is 22.0 Å². The SMILES string of the molecule is Clc1c(Br)c(I)cc2sccc12. The van der Waals surface area contributed by atoms with Gasteiger partial charge in [0.2, 0.25) is 0 Å². The Balaban J connectivity index is 2.94. The maximum atomic E-state index is 6.13. The largest absolute Gasteiger partial charge is 0.144 e. The molecular weight excluding hydrogens is 370 g/mol. The Morgan fingerprint density at radius 2 is 2.25 bits per heavy atom. The van der Waals surface area contributed by atoms with Gasteiger partial charge in [-0.25, -0.2) is 0 Å². The molecule has 0 saturated heterocycles. The summed E-state index contributed by atoms with van der Waals surface area (Å²) in [4.78, 5) is 0. The van der Waals surface area contributed by atoms with Crippen molar-refractivity contribution in [3.05, 3.63) is 30.6 Å². The molecule has 0 radical (unpaired) electrons. The van der Waals surface area contributed by atoms with Gasteiger partial charge < -0.3 is 0 Å². The van der Waals surface area contributed by atoms with Gasteiger partial charge in [-0.2, -0.15) is 0 Å². The third-order valence-corrected chi connectivity index (χ3v) is 5.49. The molecule has 0 nitrogen and oxygen atoms in total. The monoisotopic (exact) mass is 372 g/mol. The molecule has 0 fully saturated rings. The molecule has 1 aromatic heterocycles. The van der Waals surface area contributed by atoms with E-state index in [0.29, 0.717) is 0 Å². The highest BCUT2D eigenvalue weighted by Crippen LogP contribution is 2.37. The summed E-state index contributed by atoms with van der Waals surface area (Å²) in [5.74, 6) is 0. The zero-order valence-electron chi connectivity index (χ0n) is 5.77. The van der Waals surface area contributed by atoms with Crippen molar-refractivity contribution in [3.8, 4) is 0 Å². The molecule has 12 heavy (non-hydrogen) atoms. The quantitative estimate of drug-likeness (QED) is 0.454. The maximum absolute atomic E-state index is 6.13. The lowest BCUT2D eigenvalue weighted by Gasteiger charge is -2.00. The van der Waals surface area contributed by atoms with Crippen LogP contribution in [0.3, 0.4) is 0 Å². The summed E-state index contributed by atoms with van der Waals surface area (Å²) < 4.78 is 3.40. The Morgan fingerprint density at radius 3 is 3.00 bits per heavy atom. The summed E-state index contributed by atoms with van der Waals surface area (Å²) in [5.41, 5.74) is 0. The van der Waals surface area contributed by atoms with Gasteiger partial charge in [0.05, 0.1) is 9.50 Å². The van der Waals surface area contributed by atoms with Gasteiger partial charge in [-0.1, -0.05) is 11.6 Å². The van der Waals surface area contributed by atoms with Crippen LogP contribution in [0.5, 0.6) is 0 Å². The molecule has 1 heterocycles. The van der Waals surface area contributed by atoms with Gasteiger partial charge >= 0.3 is 0 Å². The second-order valence-corrected chi connectivity index (χ2v) is 5.60. The van der Waals surface area contributed by atoms with Gasteiger partial charge in [0.25, 0.3) is 0 Å². The number of benzene rings is 1. The lowest BCUT2D eigenvalue weighted by molar-refractivity contribution is 1.68. The first kappa shape index (κ1) is 9.24. The highest BCUT2D eigenvalue weighted by molar-refractivity contribution is 14.1. The summed E-state index contributed by atoms with van der Waals surface area (Å²) in [6.07, 6.45) is 0. The Hall–Kier alpha value is 0.680. The van der Waals surface area contributed by atoms with Crippen molar-refractivity contribution >= 4 is 71.5 Å². The van der Waals surface area contributed by atoms with Crippen molar-refractivity contribution in [1.29, 1.82) is 0 Å². The van der Waals surface area contributed by atoms with E-state index in [1.54, 1.807) is 11.3 Å². The molecule has 2 rings (SSSR count). The van der Waals surface area contributed by atoms with E-state index in [1.807, 2.05) is 6.07 Å². The van der Waals surface area contributed by atoms with Crippen molar-refractivity contribution in [1.82, 2.24) is 0 Å². The second kappa shape index (κ2) is 3.44. The van der Waals surface area contributed by atoms with Gasteiger partial charge in [-0.15, -0.1) is 11.3 Å². The van der Waals surface area contributed by atoms with E-state index in [-0.39, 0.29) is 0 Å². The molecule has 0 amide bonds. The minimum Gasteiger partial charge on any atom is -0.144 e. The summed E-state index contributed by atoms with van der Waals surface area (Å²) in [5, 5.41) is 4.01. The highest BCUT2D eigenvalue weighted by atomic mass is 127. The Bertz CT molecular complexity index is 438. The first-order valence-corrected chi connectivity index (χ1v) is 6.34. The fourth-order valence-corrected chi connectivity index (χ4v) is 3.45. The van der Waals surface area contributed by atoms with Gasteiger partial charge in [-0.3, -0.25) is 0 Å². The average Bonchev–Trinajstić information content (AvgIpc) is 2.48. The van der Waals surface area contributed by atoms with Crippen molar-refractivity contribution in [3.63, 3.8) is 0 Å². The second-order valence-electron chi connectivity index (χ2n) is 2.32. The molecule has 0 aliphatic rings. The number of halogens is 3. The molecular formula is C8H3BrClIS. The van der Waals surface area contributed by atoms with E-state index in [1.165, 1.54) is 4.70 Å². The van der Waals surface area contributed by atoms with Crippen LogP contribution in [0.2, 0.25) is 5.02 Å². The topological polar surface area (TPSA) is 0 Å². The van der Waals surface area contributed by atoms with Gasteiger partial charge in [0, 0.05) is 13.7 Å². The average molecular weight is 373 g/mol. The van der Waals surface area contributed by atoms with E-state index in [9.17, 15) is 0 Å². The van der Waals surface area contributed by atoms with Gasteiger partial charge in [-0.05, 0) is 56.0 Å². The lowest BCUT2D eigenvalue weighted by atomic mass is 10.3. The van der Waals surface area contributed by atoms with Gasteiger partial charge in [0.15, 0.2) is 0 Å². The van der Waals surface area contributed by atoms with Crippen molar-refractivity contribution in [2.75, 3.05) is 0 Å². The normalized spacial score (nSPS) is 10.9. The van der Waals surface area contributed by atoms with Crippen LogP contribution in [-0.2, 0) is 0 Å². The Kier molecular flexibility index (Phi) is 2.65. The fraction of sp³-hybridized carbons (Fsp3) is 0. The van der Waals surface area contributed by atoms with Crippen molar-refractivity contribution in [2.45, 2.75) is 0 Å². The van der Waals surface area contributed by atoms with Crippen LogP contribution < -0.4 is 0 Å². The smallest absolute Gasteiger partial charge is 0.0645 e. The van der Waals surface area contributed by atoms with Crippen LogP contribution >= 0.6 is 61.5 Å². The van der Waals surface area contributed by atoms with E-state index in [0.717, 1.165) is 18.5 Å². The standard InChI is InChI=1S/C8H3BrClIS/c9-7-5(11)3-6-4(8(7)10)1-2-12-6/h1-3H. The minimum atomic E-state index is 0.818. The third kappa shape index (κ3) is 1.41. The zero-order chi connectivity index (χ0) is 8.72. The number of hydrogen-bond acceptors (Lipinski definition) is 1. The van der Waals surface area contributed by atoms with E-state index >= 15 is 0 Å². The summed E-state index contributed by atoms with van der Waals surface area (Å²) in [6, 6.07) is 4.18. The minimum absolute atomic E-state index is 0.818. The zero-order valence-corrected chi connectivity index (χ0v) is 11.1. The van der Waals surface area contributed by atoms with Crippen LogP contribution in [0, 0.1) is 3.57 Å². The number of rotatable bonds is 0. The first-order valence-electron chi connectivity index (χ1n) is 3.21. The van der Waals surface area contributed by atoms with E-state index in [4.69, 9.17) is 11.6 Å². The molecule has 0 spiro atoms. The van der Waals surface area contributed by atoms with E-state index < -0.39 is 0 Å². The first-order chi connectivity index (χ1) is 5.70. The molecule has 0 saturated carbocycles. The Labute approximate surface area is 101 Å². The highest BCUT2D eigenvalue weighted by Gasteiger charge is 2.07. The van der Waals surface area contributed by atoms with E-state index in [2.05, 4.69) is 50.0 Å². The molecule has 0 unspecified atom stereocenters. The molecule has 1 aromatic carbocycles. The molecule has 2 aromatic rings. The Morgan fingerprint density at radius 1 is 1.50 bits per heavy atom. The van der Waals surface area contributed by atoms with Crippen LogP contribution in [0.4, 0.5) is 0 Å². The molecule has 0 atom stereocenters. The molecule has 0 bridgehead atoms. The van der Waals surface area contributed by atoms with Crippen molar-refractivity contribution in [2.24, 2.45) is 0 Å². The molecule has 4 heteroatoms. The molecule has 0 aliphatic carbocycles. The molecule has 0 aliphatic heterocycles. The van der Waals surface area contributed by atoms with Gasteiger partial charge in [0.1, 0.15) is 0 Å². The lowest BCUT2D eigenvalue weighted by Crippen LogP contribution is -1.76. The fourth-order valence-electron chi connectivity index (χ4n) is 1.02. The summed E-state index contributed by atoms with van der Waals surface area (Å²) >= 11 is 13.6. The molecule has 0 N–H and O–H groups in total. The van der Waals surface area contributed by atoms with Crippen LogP contribution in [0.25, 0.3) is 10.1 Å².